The van der Waals surface area contributed by atoms with Gasteiger partial charge in [-0.1, -0.05) is 164 Å². The molecule has 0 fully saturated rings. The number of nitrogens with one attached hydrogen (secondary N) is 1. The summed E-state index contributed by atoms with van der Waals surface area (Å²) in [5, 5.41) is 12.9. The summed E-state index contributed by atoms with van der Waals surface area (Å²) in [5.74, 6) is 1.42. The largest absolute Gasteiger partial charge is 0.454 e. The number of aromatic nitrogens is 1. The molecule has 5 nitrogen and oxygen atoms in total. The zero-order valence-electron chi connectivity index (χ0n) is 34.6. The van der Waals surface area contributed by atoms with Gasteiger partial charge >= 0.3 is 0 Å². The third-order valence-electron chi connectivity index (χ3n) is 12.8. The molecule has 0 bridgehead atoms. The van der Waals surface area contributed by atoms with Crippen LogP contribution >= 0.6 is 0 Å². The summed E-state index contributed by atoms with van der Waals surface area (Å²) in [6, 6.07) is 77.6. The highest BCUT2D eigenvalue weighted by Gasteiger charge is 2.24. The third-order valence-corrected chi connectivity index (χ3v) is 12.8. The first-order valence-corrected chi connectivity index (χ1v) is 21.7. The Morgan fingerprint density at radius 1 is 0.406 bits per heavy atom. The number of furan rings is 1. The van der Waals surface area contributed by atoms with Gasteiger partial charge < -0.3 is 14.3 Å². The van der Waals surface area contributed by atoms with Crippen molar-refractivity contribution in [3.05, 3.63) is 235 Å². The topological polar surface area (TPSA) is 54.8 Å². The molecule has 0 amide bonds. The van der Waals surface area contributed by atoms with Crippen LogP contribution in [0.4, 0.5) is 0 Å². The lowest BCUT2D eigenvalue weighted by molar-refractivity contribution is 0.664. The van der Waals surface area contributed by atoms with E-state index in [1.807, 2.05) is 0 Å². The lowest BCUT2D eigenvalue weighted by Crippen LogP contribution is -2.33. The van der Waals surface area contributed by atoms with E-state index in [1.165, 1.54) is 49.2 Å². The number of amidine groups is 2. The van der Waals surface area contributed by atoms with Crippen molar-refractivity contribution in [1.29, 1.82) is 0 Å². The fourth-order valence-electron chi connectivity index (χ4n) is 9.61. The van der Waals surface area contributed by atoms with Crippen LogP contribution in [-0.4, -0.2) is 16.2 Å². The first-order chi connectivity index (χ1) is 31.7. The zero-order valence-corrected chi connectivity index (χ0v) is 34.6. The van der Waals surface area contributed by atoms with Crippen LogP contribution in [0.25, 0.3) is 93.2 Å². The molecule has 13 rings (SSSR count). The molecule has 64 heavy (non-hydrogen) atoms. The molecule has 5 heteroatoms. The van der Waals surface area contributed by atoms with Gasteiger partial charge in [-0.05, 0) is 104 Å². The quantitative estimate of drug-likeness (QED) is 0.182. The molecular weight excluding hydrogens is 781 g/mol. The molecule has 1 atom stereocenters. The van der Waals surface area contributed by atoms with Crippen molar-refractivity contribution in [2.75, 3.05) is 0 Å². The summed E-state index contributed by atoms with van der Waals surface area (Å²) in [6.07, 6.45) is -0.350. The summed E-state index contributed by atoms with van der Waals surface area (Å²) in [6.45, 7) is 0. The number of fused-ring (bicyclic) bond motifs is 8. The second kappa shape index (κ2) is 14.5. The molecular formula is C59H38N4O. The van der Waals surface area contributed by atoms with Crippen molar-refractivity contribution < 1.29 is 4.42 Å². The molecule has 1 aliphatic heterocycles. The van der Waals surface area contributed by atoms with Crippen LogP contribution in [0.5, 0.6) is 0 Å². The van der Waals surface area contributed by atoms with E-state index in [1.54, 1.807) is 0 Å². The van der Waals surface area contributed by atoms with Gasteiger partial charge in [-0.25, -0.2) is 9.98 Å². The number of hydrogen-bond acceptors (Lipinski definition) is 4. The van der Waals surface area contributed by atoms with Crippen LogP contribution in [0.15, 0.2) is 233 Å². The van der Waals surface area contributed by atoms with Crippen molar-refractivity contribution in [2.24, 2.45) is 9.98 Å². The predicted octanol–water partition coefficient (Wildman–Crippen LogP) is 14.8. The molecule has 0 spiro atoms. The van der Waals surface area contributed by atoms with Gasteiger partial charge in [0.05, 0.1) is 16.7 Å². The maximum absolute atomic E-state index is 7.01. The summed E-state index contributed by atoms with van der Waals surface area (Å²) in [4.78, 5) is 10.5. The summed E-state index contributed by atoms with van der Waals surface area (Å²) in [7, 11) is 0. The molecule has 0 saturated carbocycles. The first kappa shape index (κ1) is 36.1. The van der Waals surface area contributed by atoms with Crippen LogP contribution in [0, 0.1) is 0 Å². The van der Waals surface area contributed by atoms with E-state index in [0.29, 0.717) is 5.84 Å². The molecule has 10 aromatic carbocycles. The minimum absolute atomic E-state index is 0.350. The fraction of sp³-hybridized carbons (Fsp3) is 0.0169. The molecule has 1 N–H and O–H groups in total. The van der Waals surface area contributed by atoms with E-state index in [9.17, 15) is 0 Å². The first-order valence-electron chi connectivity index (χ1n) is 21.7. The van der Waals surface area contributed by atoms with Gasteiger partial charge in [0, 0.05) is 32.7 Å². The van der Waals surface area contributed by atoms with Crippen molar-refractivity contribution in [3.8, 4) is 27.9 Å². The summed E-state index contributed by atoms with van der Waals surface area (Å²) < 4.78 is 9.38. The zero-order chi connectivity index (χ0) is 42.1. The fourth-order valence-corrected chi connectivity index (χ4v) is 9.61. The molecule has 0 unspecified atom stereocenters. The van der Waals surface area contributed by atoms with E-state index in [4.69, 9.17) is 14.4 Å². The Morgan fingerprint density at radius 2 is 1.00 bits per heavy atom. The van der Waals surface area contributed by atoms with Crippen LogP contribution in [0.1, 0.15) is 22.9 Å². The predicted molar refractivity (Wildman–Crippen MR) is 266 cm³/mol. The van der Waals surface area contributed by atoms with E-state index in [2.05, 4.69) is 228 Å². The van der Waals surface area contributed by atoms with E-state index < -0.39 is 0 Å². The molecule has 0 radical (unpaired) electrons. The van der Waals surface area contributed by atoms with Crippen molar-refractivity contribution in [2.45, 2.75) is 6.17 Å². The van der Waals surface area contributed by atoms with E-state index in [-0.39, 0.29) is 6.17 Å². The second-order valence-corrected chi connectivity index (χ2v) is 16.6. The van der Waals surface area contributed by atoms with Gasteiger partial charge in [0.15, 0.2) is 11.4 Å². The van der Waals surface area contributed by atoms with Crippen LogP contribution in [0.2, 0.25) is 0 Å². The van der Waals surface area contributed by atoms with Gasteiger partial charge in [0.25, 0.3) is 0 Å². The SMILES string of the molecule is c1ccc(-c2ccc3c(c2)c2cc(-c4ccccc4)ccc2n3-c2cccc3c2oc2cc(C4=NC(c5ccc6ccccc6c5)=N[C@H](c5ccc6ccccc6c5)N4)ccc23)cc1. The highest BCUT2D eigenvalue weighted by molar-refractivity contribution is 6.17. The second-order valence-electron chi connectivity index (χ2n) is 16.6. The molecule has 0 saturated heterocycles. The highest BCUT2D eigenvalue weighted by Crippen LogP contribution is 2.41. The molecule has 12 aromatic rings. The average Bonchev–Trinajstić information content (AvgIpc) is 3.91. The van der Waals surface area contributed by atoms with Crippen molar-refractivity contribution in [3.63, 3.8) is 0 Å². The van der Waals surface area contributed by atoms with Crippen molar-refractivity contribution >= 4 is 77.0 Å². The Kier molecular flexibility index (Phi) is 8.21. The van der Waals surface area contributed by atoms with Crippen LogP contribution in [0.3, 0.4) is 0 Å². The Labute approximate surface area is 368 Å². The van der Waals surface area contributed by atoms with E-state index >= 15 is 0 Å². The van der Waals surface area contributed by atoms with Crippen LogP contribution in [-0.2, 0) is 0 Å². The number of benzene rings is 10. The number of para-hydroxylation sites is 1. The molecule has 0 aliphatic carbocycles. The van der Waals surface area contributed by atoms with Gasteiger partial charge in [-0.2, -0.15) is 0 Å². The monoisotopic (exact) mass is 818 g/mol. The summed E-state index contributed by atoms with van der Waals surface area (Å²) in [5.41, 5.74) is 12.6. The van der Waals surface area contributed by atoms with Crippen LogP contribution < -0.4 is 5.32 Å². The average molecular weight is 819 g/mol. The minimum Gasteiger partial charge on any atom is -0.454 e. The normalized spacial score (nSPS) is 14.1. The molecule has 300 valence electrons. The Bertz CT molecular complexity index is 3780. The highest BCUT2D eigenvalue weighted by atomic mass is 16.3. The Balaban J connectivity index is 0.958. The van der Waals surface area contributed by atoms with Gasteiger partial charge in [0.2, 0.25) is 0 Å². The van der Waals surface area contributed by atoms with Gasteiger partial charge in [-0.15, -0.1) is 0 Å². The summed E-state index contributed by atoms with van der Waals surface area (Å²) >= 11 is 0. The third kappa shape index (κ3) is 6.01. The maximum atomic E-state index is 7.01. The number of aliphatic imine (C=N–C) groups is 2. The molecule has 3 heterocycles. The number of nitrogens with zero attached hydrogens (tertiary/aromatic N) is 3. The smallest absolute Gasteiger partial charge is 0.159 e. The molecule has 2 aromatic heterocycles. The lowest BCUT2D eigenvalue weighted by atomic mass is 10.0. The Morgan fingerprint density at radius 3 is 1.69 bits per heavy atom. The van der Waals surface area contributed by atoms with E-state index in [0.717, 1.165) is 66.6 Å². The standard InChI is InChI=1S/C59H38N4O/c1-3-12-37(13-4-1)43-27-30-52-50(34-43)51-35-44(38-14-5-2-6-15-38)28-31-53(51)63(52)54-21-11-20-49-48-29-26-47(36-55(48)64-56(49)54)59-61-57(45-24-22-39-16-7-9-18-41(39)32-45)60-58(62-59)46-25-23-40-17-8-10-19-42(40)33-46/h1-36,57H,(H,60,61,62)/t57-/m0/s1. The maximum Gasteiger partial charge on any atom is 0.159 e. The number of rotatable bonds is 6. The molecule has 1 aliphatic rings. The van der Waals surface area contributed by atoms with Gasteiger partial charge in [0.1, 0.15) is 17.6 Å². The number of hydrogen-bond donors (Lipinski definition) is 1. The lowest BCUT2D eigenvalue weighted by Gasteiger charge is -2.24. The van der Waals surface area contributed by atoms with Crippen molar-refractivity contribution in [1.82, 2.24) is 9.88 Å². The minimum atomic E-state index is -0.350. The van der Waals surface area contributed by atoms with Gasteiger partial charge in [-0.3, -0.25) is 0 Å². The Hall–Kier alpha value is -8.54.